The third-order valence-corrected chi connectivity index (χ3v) is 4.54. The topological polar surface area (TPSA) is 120 Å². The number of carbonyl (C=O) groups is 2. The van der Waals surface area contributed by atoms with Crippen LogP contribution in [0.4, 0.5) is 4.79 Å². The Labute approximate surface area is 140 Å². The van der Waals surface area contributed by atoms with E-state index in [4.69, 9.17) is 9.47 Å². The lowest BCUT2D eigenvalue weighted by Crippen LogP contribution is -2.49. The zero-order valence-corrected chi connectivity index (χ0v) is 13.5. The van der Waals surface area contributed by atoms with E-state index in [0.717, 1.165) is 12.8 Å². The fourth-order valence-corrected chi connectivity index (χ4v) is 2.93. The van der Waals surface area contributed by atoms with Gasteiger partial charge >= 0.3 is 6.03 Å². The number of aliphatic hydroxyl groups excluding tert-OH is 2. The standard InChI is InChI=1S/C15H25N3O6/c19-12(17-9-1-2-9)7-10-13(20)14(21)11(24-10)8-16-15(22)18-3-5-23-6-4-18/h9-11,13-14,20-21H,1-8H2,(H,16,22)(H,17,19)/t10-,11+,13-,14+/m0/s1. The Hall–Kier alpha value is -1.42. The fourth-order valence-electron chi connectivity index (χ4n) is 2.93. The smallest absolute Gasteiger partial charge is 0.317 e. The van der Waals surface area contributed by atoms with Crippen LogP contribution >= 0.6 is 0 Å². The second kappa shape index (κ2) is 7.64. The first-order valence-corrected chi connectivity index (χ1v) is 8.46. The van der Waals surface area contributed by atoms with Crippen molar-refractivity contribution in [1.29, 1.82) is 0 Å². The number of nitrogens with zero attached hydrogens (tertiary/aromatic N) is 1. The number of hydrogen-bond donors (Lipinski definition) is 4. The highest BCUT2D eigenvalue weighted by Crippen LogP contribution is 2.24. The van der Waals surface area contributed by atoms with Gasteiger partial charge in [0.2, 0.25) is 5.91 Å². The van der Waals surface area contributed by atoms with Crippen LogP contribution in [0.1, 0.15) is 19.3 Å². The molecule has 1 aliphatic carbocycles. The molecule has 0 bridgehead atoms. The molecule has 9 heteroatoms. The molecule has 2 saturated heterocycles. The molecule has 0 aromatic heterocycles. The molecule has 9 nitrogen and oxygen atoms in total. The SMILES string of the molecule is O=C(C[C@@H]1O[C@H](CNC(=O)N2CCOCC2)[C@@H](O)[C@H]1O)NC1CC1. The maximum absolute atomic E-state index is 12.0. The van der Waals surface area contributed by atoms with Crippen molar-refractivity contribution in [2.75, 3.05) is 32.8 Å². The molecule has 1 saturated carbocycles. The molecule has 4 N–H and O–H groups in total. The first kappa shape index (κ1) is 17.4. The second-order valence-electron chi connectivity index (χ2n) is 6.53. The van der Waals surface area contributed by atoms with E-state index in [0.29, 0.717) is 26.3 Å². The minimum Gasteiger partial charge on any atom is -0.388 e. The average molecular weight is 343 g/mol. The number of ether oxygens (including phenoxy) is 2. The molecule has 0 unspecified atom stereocenters. The fraction of sp³-hybridized carbons (Fsp3) is 0.867. The van der Waals surface area contributed by atoms with Crippen molar-refractivity contribution in [2.45, 2.75) is 49.7 Å². The normalized spacial score (nSPS) is 33.3. The summed E-state index contributed by atoms with van der Waals surface area (Å²) in [7, 11) is 0. The average Bonchev–Trinajstić information content (AvgIpc) is 3.36. The Balaban J connectivity index is 1.43. The molecule has 2 aliphatic heterocycles. The zero-order valence-electron chi connectivity index (χ0n) is 13.5. The Morgan fingerprint density at radius 2 is 1.75 bits per heavy atom. The number of hydrogen-bond acceptors (Lipinski definition) is 6. The van der Waals surface area contributed by atoms with Gasteiger partial charge in [-0.25, -0.2) is 4.79 Å². The maximum atomic E-state index is 12.0. The summed E-state index contributed by atoms with van der Waals surface area (Å²) < 4.78 is 10.8. The molecule has 136 valence electrons. The number of nitrogens with one attached hydrogen (secondary N) is 2. The van der Waals surface area contributed by atoms with Crippen LogP contribution in [-0.2, 0) is 14.3 Å². The summed E-state index contributed by atoms with van der Waals surface area (Å²) in [5, 5.41) is 25.6. The van der Waals surface area contributed by atoms with Gasteiger partial charge in [-0.2, -0.15) is 0 Å². The van der Waals surface area contributed by atoms with Gasteiger partial charge in [-0.1, -0.05) is 0 Å². The molecule has 3 fully saturated rings. The third-order valence-electron chi connectivity index (χ3n) is 4.54. The molecule has 0 radical (unpaired) electrons. The predicted octanol–water partition coefficient (Wildman–Crippen LogP) is -1.81. The molecule has 0 aromatic carbocycles. The van der Waals surface area contributed by atoms with E-state index >= 15 is 0 Å². The number of rotatable bonds is 5. The van der Waals surface area contributed by atoms with E-state index < -0.39 is 24.4 Å². The van der Waals surface area contributed by atoms with Gasteiger partial charge in [0.05, 0.1) is 25.7 Å². The van der Waals surface area contributed by atoms with E-state index in [2.05, 4.69) is 10.6 Å². The number of aliphatic hydroxyl groups is 2. The number of morpholine rings is 1. The molecule has 24 heavy (non-hydrogen) atoms. The summed E-state index contributed by atoms with van der Waals surface area (Å²) >= 11 is 0. The summed E-state index contributed by atoms with van der Waals surface area (Å²) in [6.07, 6.45) is -1.79. The monoisotopic (exact) mass is 343 g/mol. The maximum Gasteiger partial charge on any atom is 0.317 e. The first-order valence-electron chi connectivity index (χ1n) is 8.46. The number of carbonyl (C=O) groups excluding carboxylic acids is 2. The summed E-state index contributed by atoms with van der Waals surface area (Å²) in [4.78, 5) is 25.5. The van der Waals surface area contributed by atoms with Crippen molar-refractivity contribution in [3.8, 4) is 0 Å². The van der Waals surface area contributed by atoms with E-state index in [-0.39, 0.29) is 30.9 Å². The summed E-state index contributed by atoms with van der Waals surface area (Å²) in [6, 6.07) is -0.0110. The van der Waals surface area contributed by atoms with Crippen molar-refractivity contribution in [2.24, 2.45) is 0 Å². The van der Waals surface area contributed by atoms with Crippen molar-refractivity contribution < 1.29 is 29.3 Å². The lowest BCUT2D eigenvalue weighted by Gasteiger charge is -2.27. The third kappa shape index (κ3) is 4.35. The zero-order chi connectivity index (χ0) is 17.1. The molecule has 3 amide bonds. The van der Waals surface area contributed by atoms with Crippen LogP contribution in [0.2, 0.25) is 0 Å². The van der Waals surface area contributed by atoms with Gasteiger partial charge in [0.25, 0.3) is 0 Å². The Morgan fingerprint density at radius 3 is 2.42 bits per heavy atom. The van der Waals surface area contributed by atoms with Crippen LogP contribution in [0.3, 0.4) is 0 Å². The largest absolute Gasteiger partial charge is 0.388 e. The number of amides is 3. The van der Waals surface area contributed by atoms with Crippen LogP contribution in [0.25, 0.3) is 0 Å². The predicted molar refractivity (Wildman–Crippen MR) is 82.2 cm³/mol. The molecular formula is C15H25N3O6. The van der Waals surface area contributed by atoms with Crippen LogP contribution in [0.15, 0.2) is 0 Å². The summed E-state index contributed by atoms with van der Waals surface area (Å²) in [5.41, 5.74) is 0. The first-order chi connectivity index (χ1) is 11.5. The van der Waals surface area contributed by atoms with Crippen molar-refractivity contribution in [3.63, 3.8) is 0 Å². The van der Waals surface area contributed by atoms with Gasteiger partial charge in [0, 0.05) is 25.7 Å². The van der Waals surface area contributed by atoms with Gasteiger partial charge in [0.15, 0.2) is 0 Å². The minimum atomic E-state index is -1.14. The van der Waals surface area contributed by atoms with E-state index in [1.807, 2.05) is 0 Å². The Morgan fingerprint density at radius 1 is 1.08 bits per heavy atom. The van der Waals surface area contributed by atoms with Crippen molar-refractivity contribution in [3.05, 3.63) is 0 Å². The van der Waals surface area contributed by atoms with Gasteiger partial charge in [-0.05, 0) is 12.8 Å². The molecule has 0 spiro atoms. The Bertz CT molecular complexity index is 466. The Kier molecular flexibility index (Phi) is 5.54. The summed E-state index contributed by atoms with van der Waals surface area (Å²) in [6.45, 7) is 2.13. The van der Waals surface area contributed by atoms with E-state index in [1.54, 1.807) is 4.90 Å². The lowest BCUT2D eigenvalue weighted by atomic mass is 10.1. The highest BCUT2D eigenvalue weighted by molar-refractivity contribution is 5.77. The molecular weight excluding hydrogens is 318 g/mol. The lowest BCUT2D eigenvalue weighted by molar-refractivity contribution is -0.125. The summed E-state index contributed by atoms with van der Waals surface area (Å²) in [5.74, 6) is -0.188. The molecule has 4 atom stereocenters. The molecule has 2 heterocycles. The molecule has 3 rings (SSSR count). The second-order valence-corrected chi connectivity index (χ2v) is 6.53. The highest BCUT2D eigenvalue weighted by atomic mass is 16.5. The van der Waals surface area contributed by atoms with Crippen LogP contribution in [-0.4, -0.2) is 90.4 Å². The van der Waals surface area contributed by atoms with Crippen molar-refractivity contribution in [1.82, 2.24) is 15.5 Å². The van der Waals surface area contributed by atoms with Crippen molar-refractivity contribution >= 4 is 11.9 Å². The van der Waals surface area contributed by atoms with E-state index in [1.165, 1.54) is 0 Å². The highest BCUT2D eigenvalue weighted by Gasteiger charge is 2.43. The van der Waals surface area contributed by atoms with Gasteiger partial charge in [-0.15, -0.1) is 0 Å². The van der Waals surface area contributed by atoms with Gasteiger partial charge in [-0.3, -0.25) is 4.79 Å². The van der Waals surface area contributed by atoms with Crippen LogP contribution in [0.5, 0.6) is 0 Å². The van der Waals surface area contributed by atoms with Gasteiger partial charge < -0.3 is 35.2 Å². The van der Waals surface area contributed by atoms with Crippen LogP contribution < -0.4 is 10.6 Å². The van der Waals surface area contributed by atoms with Crippen LogP contribution in [0, 0.1) is 0 Å². The molecule has 3 aliphatic rings. The quantitative estimate of drug-likeness (QED) is 0.467. The van der Waals surface area contributed by atoms with E-state index in [9.17, 15) is 19.8 Å². The molecule has 0 aromatic rings. The van der Waals surface area contributed by atoms with Gasteiger partial charge in [0.1, 0.15) is 18.3 Å². The minimum absolute atomic E-state index is 0.00262. The number of urea groups is 1.